The number of hydrogen-bond acceptors (Lipinski definition) is 2. The van der Waals surface area contributed by atoms with Gasteiger partial charge in [-0.2, -0.15) is 0 Å². The molecule has 2 heterocycles. The Hall–Kier alpha value is -1.68. The van der Waals surface area contributed by atoms with E-state index < -0.39 is 0 Å². The summed E-state index contributed by atoms with van der Waals surface area (Å²) in [5.74, 6) is 0.669. The maximum atomic E-state index is 13.0. The molecule has 1 N–H and O–H groups in total. The number of hydrogen-bond donors (Lipinski definition) is 1. The number of rotatable bonds is 3. The van der Waals surface area contributed by atoms with Gasteiger partial charge in [0.2, 0.25) is 0 Å². The van der Waals surface area contributed by atoms with Gasteiger partial charge in [-0.1, -0.05) is 0 Å². The fraction of sp³-hybridized carbons (Fsp3) is 0.400. The average molecular weight is 260 g/mol. The third kappa shape index (κ3) is 2.28. The molecule has 0 amide bonds. The average Bonchev–Trinajstić information content (AvgIpc) is 2.80. The molecule has 1 aromatic heterocycles. The van der Waals surface area contributed by atoms with Crippen molar-refractivity contribution in [3.8, 4) is 11.4 Å². The van der Waals surface area contributed by atoms with Gasteiger partial charge in [0.25, 0.3) is 0 Å². The third-order valence-corrected chi connectivity index (χ3v) is 3.65. The Morgan fingerprint density at radius 2 is 2.00 bits per heavy atom. The van der Waals surface area contributed by atoms with Gasteiger partial charge in [-0.15, -0.1) is 0 Å². The first kappa shape index (κ1) is 12.4. The molecule has 0 aliphatic carbocycles. The summed E-state index contributed by atoms with van der Waals surface area (Å²) in [5.41, 5.74) is 3.16. The van der Waals surface area contributed by atoms with Crippen LogP contribution in [0.1, 0.15) is 24.2 Å². The summed E-state index contributed by atoms with van der Waals surface area (Å²) in [4.78, 5) is 4.66. The van der Waals surface area contributed by atoms with E-state index >= 15 is 0 Å². The van der Waals surface area contributed by atoms with Gasteiger partial charge >= 0.3 is 0 Å². The highest BCUT2D eigenvalue weighted by Gasteiger charge is 2.20. The third-order valence-electron chi connectivity index (χ3n) is 3.65. The fourth-order valence-corrected chi connectivity index (χ4v) is 2.74. The van der Waals surface area contributed by atoms with Crippen LogP contribution >= 0.6 is 0 Å². The summed E-state index contributed by atoms with van der Waals surface area (Å²) in [7, 11) is 0. The summed E-state index contributed by atoms with van der Waals surface area (Å²) >= 11 is 0. The number of aliphatic hydroxyl groups is 1. The second kappa shape index (κ2) is 5.13. The highest BCUT2D eigenvalue weighted by atomic mass is 19.1. The molecule has 4 heteroatoms. The molecule has 0 bridgehead atoms. The van der Waals surface area contributed by atoms with E-state index in [-0.39, 0.29) is 12.4 Å². The highest BCUT2D eigenvalue weighted by Crippen LogP contribution is 2.27. The van der Waals surface area contributed by atoms with Crippen LogP contribution in [0.5, 0.6) is 0 Å². The molecule has 3 nitrogen and oxygen atoms in total. The SMILES string of the molecule is OCCc1nc(-c2ccc(F)cc2)n2c1CCCC2. The van der Waals surface area contributed by atoms with Gasteiger partial charge in [0.15, 0.2) is 0 Å². The molecule has 3 rings (SSSR count). The smallest absolute Gasteiger partial charge is 0.140 e. The largest absolute Gasteiger partial charge is 0.396 e. The standard InChI is InChI=1S/C15H17FN2O/c16-12-6-4-11(5-7-12)15-17-13(8-10-19)14-3-1-2-9-18(14)15/h4-7,19H,1-3,8-10H2. The maximum Gasteiger partial charge on any atom is 0.140 e. The fourth-order valence-electron chi connectivity index (χ4n) is 2.74. The minimum atomic E-state index is -0.232. The van der Waals surface area contributed by atoms with Crippen LogP contribution in [0.15, 0.2) is 24.3 Å². The Morgan fingerprint density at radius 1 is 1.21 bits per heavy atom. The molecule has 0 saturated carbocycles. The summed E-state index contributed by atoms with van der Waals surface area (Å²) in [6, 6.07) is 6.46. The molecule has 100 valence electrons. The van der Waals surface area contributed by atoms with Crippen molar-refractivity contribution in [2.45, 2.75) is 32.2 Å². The Morgan fingerprint density at radius 3 is 2.74 bits per heavy atom. The number of nitrogens with zero attached hydrogens (tertiary/aromatic N) is 2. The van der Waals surface area contributed by atoms with E-state index in [1.165, 1.54) is 24.2 Å². The molecule has 19 heavy (non-hydrogen) atoms. The van der Waals surface area contributed by atoms with Crippen molar-refractivity contribution >= 4 is 0 Å². The number of fused-ring (bicyclic) bond motifs is 1. The second-order valence-corrected chi connectivity index (χ2v) is 4.92. The van der Waals surface area contributed by atoms with Crippen molar-refractivity contribution < 1.29 is 9.50 Å². The van der Waals surface area contributed by atoms with Crippen molar-refractivity contribution in [1.82, 2.24) is 9.55 Å². The summed E-state index contributed by atoms with van der Waals surface area (Å²) in [6.07, 6.45) is 3.93. The van der Waals surface area contributed by atoms with Crippen molar-refractivity contribution in [1.29, 1.82) is 0 Å². The number of benzene rings is 1. The zero-order valence-electron chi connectivity index (χ0n) is 10.8. The van der Waals surface area contributed by atoms with E-state index in [9.17, 15) is 4.39 Å². The van der Waals surface area contributed by atoms with Crippen molar-refractivity contribution in [2.24, 2.45) is 0 Å². The molecular formula is C15H17FN2O. The Balaban J connectivity index is 2.07. The molecule has 1 aliphatic heterocycles. The van der Waals surface area contributed by atoms with Gasteiger partial charge < -0.3 is 9.67 Å². The van der Waals surface area contributed by atoms with Gasteiger partial charge in [0, 0.05) is 30.8 Å². The lowest BCUT2D eigenvalue weighted by atomic mass is 10.1. The lowest BCUT2D eigenvalue weighted by Gasteiger charge is -2.17. The van der Waals surface area contributed by atoms with Gasteiger partial charge in [-0.25, -0.2) is 9.37 Å². The number of imidazole rings is 1. The zero-order chi connectivity index (χ0) is 13.2. The van der Waals surface area contributed by atoms with Crippen LogP contribution in [0.25, 0.3) is 11.4 Å². The molecule has 0 unspecified atom stereocenters. The van der Waals surface area contributed by atoms with Crippen molar-refractivity contribution in [3.05, 3.63) is 41.5 Å². The molecule has 0 saturated heterocycles. The predicted octanol–water partition coefficient (Wildman–Crippen LogP) is 2.56. The van der Waals surface area contributed by atoms with E-state index in [0.29, 0.717) is 6.42 Å². The lowest BCUT2D eigenvalue weighted by Crippen LogP contribution is -2.12. The Bertz CT molecular complexity index is 575. The van der Waals surface area contributed by atoms with Crippen LogP contribution in [0.3, 0.4) is 0 Å². The second-order valence-electron chi connectivity index (χ2n) is 4.92. The van der Waals surface area contributed by atoms with E-state index in [4.69, 9.17) is 5.11 Å². The summed E-state index contributed by atoms with van der Waals surface area (Å²) in [5, 5.41) is 9.14. The quantitative estimate of drug-likeness (QED) is 0.921. The Labute approximate surface area is 111 Å². The van der Waals surface area contributed by atoms with Crippen molar-refractivity contribution in [3.63, 3.8) is 0 Å². The molecule has 0 atom stereocenters. The molecule has 1 aliphatic rings. The summed E-state index contributed by atoms with van der Waals surface area (Å²) in [6.45, 7) is 1.08. The van der Waals surface area contributed by atoms with Crippen LogP contribution in [0.2, 0.25) is 0 Å². The van der Waals surface area contributed by atoms with Crippen LogP contribution in [0.4, 0.5) is 4.39 Å². The topological polar surface area (TPSA) is 38.1 Å². The minimum absolute atomic E-state index is 0.118. The number of aromatic nitrogens is 2. The molecule has 0 spiro atoms. The monoisotopic (exact) mass is 260 g/mol. The first-order valence-electron chi connectivity index (χ1n) is 6.74. The van der Waals surface area contributed by atoms with Crippen LogP contribution in [0, 0.1) is 5.82 Å². The first-order chi connectivity index (χ1) is 9.29. The van der Waals surface area contributed by atoms with E-state index in [0.717, 1.165) is 36.5 Å². The van der Waals surface area contributed by atoms with Crippen LogP contribution in [-0.2, 0) is 19.4 Å². The highest BCUT2D eigenvalue weighted by molar-refractivity contribution is 5.57. The predicted molar refractivity (Wildman–Crippen MR) is 71.3 cm³/mol. The molecular weight excluding hydrogens is 243 g/mol. The maximum absolute atomic E-state index is 13.0. The van der Waals surface area contributed by atoms with Gasteiger partial charge in [-0.3, -0.25) is 0 Å². The van der Waals surface area contributed by atoms with E-state index in [2.05, 4.69) is 9.55 Å². The minimum Gasteiger partial charge on any atom is -0.396 e. The summed E-state index contributed by atoms with van der Waals surface area (Å²) < 4.78 is 15.2. The van der Waals surface area contributed by atoms with Crippen molar-refractivity contribution in [2.75, 3.05) is 6.61 Å². The molecule has 0 radical (unpaired) electrons. The van der Waals surface area contributed by atoms with Gasteiger partial charge in [0.1, 0.15) is 11.6 Å². The first-order valence-corrected chi connectivity index (χ1v) is 6.74. The lowest BCUT2D eigenvalue weighted by molar-refractivity contribution is 0.297. The van der Waals surface area contributed by atoms with Crippen LogP contribution < -0.4 is 0 Å². The molecule has 2 aromatic rings. The molecule has 1 aromatic carbocycles. The van der Waals surface area contributed by atoms with E-state index in [1.807, 2.05) is 0 Å². The number of halogens is 1. The van der Waals surface area contributed by atoms with Crippen LogP contribution in [-0.4, -0.2) is 21.3 Å². The number of aliphatic hydroxyl groups excluding tert-OH is 1. The van der Waals surface area contributed by atoms with Gasteiger partial charge in [-0.05, 0) is 43.5 Å². The normalized spacial score (nSPS) is 14.4. The molecule has 0 fully saturated rings. The van der Waals surface area contributed by atoms with E-state index in [1.54, 1.807) is 12.1 Å². The zero-order valence-corrected chi connectivity index (χ0v) is 10.8. The van der Waals surface area contributed by atoms with Gasteiger partial charge in [0.05, 0.1) is 5.69 Å². The Kier molecular flexibility index (Phi) is 3.34.